The zero-order chi connectivity index (χ0) is 24.3. The van der Waals surface area contributed by atoms with Gasteiger partial charge in [0.05, 0.1) is 18.8 Å². The molecule has 3 N–H and O–H groups in total. The van der Waals surface area contributed by atoms with E-state index in [1.54, 1.807) is 7.11 Å². The van der Waals surface area contributed by atoms with Crippen molar-refractivity contribution >= 4 is 5.69 Å². The van der Waals surface area contributed by atoms with Crippen LogP contribution in [0.4, 0.5) is 14.5 Å². The highest BCUT2D eigenvalue weighted by Gasteiger charge is 2.44. The molecule has 2 aliphatic rings. The van der Waals surface area contributed by atoms with Gasteiger partial charge in [-0.1, -0.05) is 6.07 Å². The molecule has 2 aliphatic heterocycles. The van der Waals surface area contributed by atoms with Crippen LogP contribution in [-0.4, -0.2) is 84.0 Å². The molecule has 0 radical (unpaired) electrons. The van der Waals surface area contributed by atoms with Gasteiger partial charge in [0, 0.05) is 50.5 Å². The molecule has 9 heteroatoms. The number of methoxy groups -OCH3 is 1. The Balaban J connectivity index is 1.35. The third-order valence-electron chi connectivity index (χ3n) is 6.84. The van der Waals surface area contributed by atoms with Gasteiger partial charge in [-0.25, -0.2) is 8.78 Å². The molecule has 0 aromatic heterocycles. The quantitative estimate of drug-likeness (QED) is 0.563. The molecule has 2 heterocycles. The second-order valence-corrected chi connectivity index (χ2v) is 9.39. The highest BCUT2D eigenvalue weighted by atomic mass is 19.1. The Kier molecular flexibility index (Phi) is 7.28. The SMILES string of the molecule is COc1cccc(N2CCC(O)(CN3CC[C@H](O)[C@@](O)(COc4cc(F)ccc4F)C3)CC2)c1. The number of hydrogen-bond acceptors (Lipinski definition) is 7. The molecule has 4 rings (SSSR count). The number of ether oxygens (including phenoxy) is 2. The van der Waals surface area contributed by atoms with E-state index in [9.17, 15) is 24.1 Å². The van der Waals surface area contributed by atoms with Crippen molar-refractivity contribution in [3.05, 3.63) is 54.1 Å². The summed E-state index contributed by atoms with van der Waals surface area (Å²) in [5.41, 5.74) is -1.57. The lowest BCUT2D eigenvalue weighted by Crippen LogP contribution is -2.62. The Morgan fingerprint density at radius 3 is 2.56 bits per heavy atom. The van der Waals surface area contributed by atoms with Crippen LogP contribution in [0.2, 0.25) is 0 Å². The number of halogens is 2. The third kappa shape index (κ3) is 5.60. The van der Waals surface area contributed by atoms with E-state index in [1.165, 1.54) is 0 Å². The van der Waals surface area contributed by atoms with Gasteiger partial charge in [0.2, 0.25) is 0 Å². The van der Waals surface area contributed by atoms with E-state index in [2.05, 4.69) is 4.90 Å². The van der Waals surface area contributed by atoms with Crippen molar-refractivity contribution in [3.63, 3.8) is 0 Å². The highest BCUT2D eigenvalue weighted by molar-refractivity contribution is 5.51. The molecule has 2 aromatic carbocycles. The number of rotatable bonds is 7. The summed E-state index contributed by atoms with van der Waals surface area (Å²) in [6.45, 7) is 1.83. The summed E-state index contributed by atoms with van der Waals surface area (Å²) in [5, 5.41) is 32.7. The number of aliphatic hydroxyl groups excluding tert-OH is 1. The van der Waals surface area contributed by atoms with Gasteiger partial charge in [0.25, 0.3) is 0 Å². The first-order valence-electron chi connectivity index (χ1n) is 11.5. The molecule has 0 unspecified atom stereocenters. The van der Waals surface area contributed by atoms with Crippen molar-refractivity contribution < 1.29 is 33.6 Å². The summed E-state index contributed by atoms with van der Waals surface area (Å²) in [4.78, 5) is 4.11. The summed E-state index contributed by atoms with van der Waals surface area (Å²) in [7, 11) is 1.63. The van der Waals surface area contributed by atoms with Crippen LogP contribution in [0.3, 0.4) is 0 Å². The third-order valence-corrected chi connectivity index (χ3v) is 6.84. The monoisotopic (exact) mass is 478 g/mol. The van der Waals surface area contributed by atoms with Crippen molar-refractivity contribution in [2.24, 2.45) is 0 Å². The van der Waals surface area contributed by atoms with Crippen LogP contribution in [0.1, 0.15) is 19.3 Å². The lowest BCUT2D eigenvalue weighted by Gasteiger charge is -2.46. The van der Waals surface area contributed by atoms with Gasteiger partial charge < -0.3 is 29.7 Å². The Labute approximate surface area is 198 Å². The average molecular weight is 479 g/mol. The van der Waals surface area contributed by atoms with Crippen LogP contribution in [0, 0.1) is 11.6 Å². The van der Waals surface area contributed by atoms with E-state index < -0.39 is 35.5 Å². The first kappa shape index (κ1) is 24.7. The maximum Gasteiger partial charge on any atom is 0.165 e. The van der Waals surface area contributed by atoms with E-state index in [0.717, 1.165) is 29.6 Å². The molecular weight excluding hydrogens is 446 g/mol. The second-order valence-electron chi connectivity index (χ2n) is 9.39. The van der Waals surface area contributed by atoms with E-state index >= 15 is 0 Å². The Morgan fingerprint density at radius 1 is 1.06 bits per heavy atom. The van der Waals surface area contributed by atoms with Crippen LogP contribution in [-0.2, 0) is 0 Å². The summed E-state index contributed by atoms with van der Waals surface area (Å²) in [5.74, 6) is -0.938. The van der Waals surface area contributed by atoms with Gasteiger partial charge in [-0.15, -0.1) is 0 Å². The van der Waals surface area contributed by atoms with Crippen LogP contribution in [0.5, 0.6) is 11.5 Å². The molecule has 2 fully saturated rings. The Hall–Kier alpha value is -2.46. The van der Waals surface area contributed by atoms with Crippen LogP contribution < -0.4 is 14.4 Å². The molecule has 2 atom stereocenters. The Morgan fingerprint density at radius 2 is 1.82 bits per heavy atom. The largest absolute Gasteiger partial charge is 0.497 e. The predicted octanol–water partition coefficient (Wildman–Crippen LogP) is 2.18. The summed E-state index contributed by atoms with van der Waals surface area (Å²) >= 11 is 0. The number of anilines is 1. The molecule has 0 spiro atoms. The van der Waals surface area contributed by atoms with E-state index in [0.29, 0.717) is 39.0 Å². The minimum Gasteiger partial charge on any atom is -0.497 e. The van der Waals surface area contributed by atoms with Gasteiger partial charge in [-0.05, 0) is 43.5 Å². The molecule has 7 nitrogen and oxygen atoms in total. The normalized spacial score (nSPS) is 25.2. The van der Waals surface area contributed by atoms with Crippen LogP contribution in [0.25, 0.3) is 0 Å². The standard InChI is InChI=1S/C25H32F2N2O5/c1-33-20-4-2-3-19(14-20)29-11-8-24(31,9-12-29)15-28-10-7-23(30)25(32,16-28)17-34-22-13-18(26)5-6-21(22)27/h2-6,13-14,23,30-32H,7-12,15-17H2,1H3/t23-,25-/m0/s1. The van der Waals surface area contributed by atoms with Gasteiger partial charge >= 0.3 is 0 Å². The fourth-order valence-corrected chi connectivity index (χ4v) is 4.78. The van der Waals surface area contributed by atoms with Crippen molar-refractivity contribution in [3.8, 4) is 11.5 Å². The van der Waals surface area contributed by atoms with Crippen molar-refractivity contribution in [1.29, 1.82) is 0 Å². The minimum absolute atomic E-state index is 0.0486. The fourth-order valence-electron chi connectivity index (χ4n) is 4.78. The van der Waals surface area contributed by atoms with Crippen molar-refractivity contribution in [1.82, 2.24) is 4.90 Å². The number of likely N-dealkylation sites (tertiary alicyclic amines) is 1. The number of aliphatic hydroxyl groups is 3. The molecule has 2 saturated heterocycles. The molecule has 0 bridgehead atoms. The smallest absolute Gasteiger partial charge is 0.165 e. The molecule has 34 heavy (non-hydrogen) atoms. The van der Waals surface area contributed by atoms with E-state index in [4.69, 9.17) is 9.47 Å². The first-order chi connectivity index (χ1) is 16.2. The zero-order valence-corrected chi connectivity index (χ0v) is 19.3. The topological polar surface area (TPSA) is 85.6 Å². The molecule has 2 aromatic rings. The first-order valence-corrected chi connectivity index (χ1v) is 11.5. The number of hydrogen-bond donors (Lipinski definition) is 3. The van der Waals surface area contributed by atoms with Gasteiger partial charge in [-0.3, -0.25) is 4.90 Å². The predicted molar refractivity (Wildman–Crippen MR) is 123 cm³/mol. The maximum absolute atomic E-state index is 13.9. The molecule has 0 aliphatic carbocycles. The van der Waals surface area contributed by atoms with E-state index in [1.807, 2.05) is 29.2 Å². The van der Waals surface area contributed by atoms with E-state index in [-0.39, 0.29) is 18.7 Å². The average Bonchev–Trinajstić information content (AvgIpc) is 2.82. The maximum atomic E-state index is 13.9. The molecule has 186 valence electrons. The molecule has 0 amide bonds. The lowest BCUT2D eigenvalue weighted by atomic mass is 9.86. The van der Waals surface area contributed by atoms with Gasteiger partial charge in [-0.2, -0.15) is 0 Å². The van der Waals surface area contributed by atoms with Crippen LogP contribution >= 0.6 is 0 Å². The highest BCUT2D eigenvalue weighted by Crippen LogP contribution is 2.31. The summed E-state index contributed by atoms with van der Waals surface area (Å²) in [6.07, 6.45) is 0.293. The van der Waals surface area contributed by atoms with Crippen molar-refractivity contribution in [2.45, 2.75) is 36.6 Å². The number of piperidine rings is 2. The number of nitrogens with zero attached hydrogens (tertiary/aromatic N) is 2. The zero-order valence-electron chi connectivity index (χ0n) is 19.3. The second kappa shape index (κ2) is 10.0. The van der Waals surface area contributed by atoms with Gasteiger partial charge in [0.15, 0.2) is 11.6 Å². The van der Waals surface area contributed by atoms with Crippen molar-refractivity contribution in [2.75, 3.05) is 51.3 Å². The molecular formula is C25H32F2N2O5. The number of benzene rings is 2. The summed E-state index contributed by atoms with van der Waals surface area (Å²) in [6, 6.07) is 10.7. The molecule has 0 saturated carbocycles. The van der Waals surface area contributed by atoms with Gasteiger partial charge in [0.1, 0.15) is 23.8 Å². The lowest BCUT2D eigenvalue weighted by molar-refractivity contribution is -0.149. The fraction of sp³-hybridized carbons (Fsp3) is 0.520. The Bertz CT molecular complexity index is 986. The van der Waals surface area contributed by atoms with Crippen LogP contribution in [0.15, 0.2) is 42.5 Å². The minimum atomic E-state index is -1.67. The number of β-amino-alcohol motifs (C(OH)–C–C–N with tert-alkyl or cyclic N) is 2. The summed E-state index contributed by atoms with van der Waals surface area (Å²) < 4.78 is 38.0.